The highest BCUT2D eigenvalue weighted by Gasteiger charge is 2.22. The second-order valence-corrected chi connectivity index (χ2v) is 6.66. The van der Waals surface area contributed by atoms with Crippen molar-refractivity contribution in [3.63, 3.8) is 0 Å². The van der Waals surface area contributed by atoms with Crippen LogP contribution in [0.15, 0.2) is 28.0 Å². The summed E-state index contributed by atoms with van der Waals surface area (Å²) in [5, 5.41) is 2.60. The molecule has 0 unspecified atom stereocenters. The van der Waals surface area contributed by atoms with Crippen molar-refractivity contribution in [3.05, 3.63) is 23.8 Å². The first kappa shape index (κ1) is 10.9. The van der Waals surface area contributed by atoms with Crippen molar-refractivity contribution in [2.75, 3.05) is 18.3 Å². The highest BCUT2D eigenvalue weighted by atomic mass is 32.2. The number of hydrogen-bond donors (Lipinski definition) is 0. The van der Waals surface area contributed by atoms with Crippen molar-refractivity contribution in [2.24, 2.45) is 0 Å². The lowest BCUT2D eigenvalue weighted by atomic mass is 10.0. The highest BCUT2D eigenvalue weighted by molar-refractivity contribution is 8.05. The summed E-state index contributed by atoms with van der Waals surface area (Å²) in [5.74, 6) is 4.19. The Bertz CT molecular complexity index is 652. The zero-order chi connectivity index (χ0) is 12.1. The van der Waals surface area contributed by atoms with Gasteiger partial charge in [-0.3, -0.25) is 0 Å². The van der Waals surface area contributed by atoms with Crippen LogP contribution < -0.4 is 9.47 Å². The largest absolute Gasteiger partial charge is 0.454 e. The summed E-state index contributed by atoms with van der Waals surface area (Å²) < 4.78 is 11.1. The molecule has 0 saturated carbocycles. The molecule has 4 heteroatoms. The Labute approximate surface area is 114 Å². The number of fused-ring (bicyclic) bond motifs is 4. The summed E-state index contributed by atoms with van der Waals surface area (Å²) in [6.07, 6.45) is 0. The van der Waals surface area contributed by atoms with Gasteiger partial charge < -0.3 is 9.47 Å². The third kappa shape index (κ3) is 1.45. The van der Waals surface area contributed by atoms with E-state index in [-0.39, 0.29) is 0 Å². The second-order valence-electron chi connectivity index (χ2n) is 4.42. The molecule has 2 heterocycles. The molecule has 0 bridgehead atoms. The molecule has 0 spiro atoms. The quantitative estimate of drug-likeness (QED) is 0.721. The number of rotatable bonds is 0. The predicted molar refractivity (Wildman–Crippen MR) is 76.3 cm³/mol. The Hall–Kier alpha value is -1.000. The Morgan fingerprint density at radius 1 is 1.06 bits per heavy atom. The molecule has 0 N–H and O–H groups in total. The van der Waals surface area contributed by atoms with Crippen molar-refractivity contribution < 1.29 is 9.47 Å². The lowest BCUT2D eigenvalue weighted by Gasteiger charge is -2.18. The lowest BCUT2D eigenvalue weighted by molar-refractivity contribution is 0.173. The van der Waals surface area contributed by atoms with E-state index in [0.717, 1.165) is 11.5 Å². The first-order valence-corrected chi connectivity index (χ1v) is 7.93. The van der Waals surface area contributed by atoms with E-state index < -0.39 is 0 Å². The van der Waals surface area contributed by atoms with Crippen LogP contribution in [0.3, 0.4) is 0 Å². The van der Waals surface area contributed by atoms with Crippen molar-refractivity contribution in [2.45, 2.75) is 16.7 Å². The van der Waals surface area contributed by atoms with Gasteiger partial charge in [0, 0.05) is 32.2 Å². The van der Waals surface area contributed by atoms with Crippen LogP contribution in [0.25, 0.3) is 10.8 Å². The van der Waals surface area contributed by atoms with E-state index >= 15 is 0 Å². The number of thioether (sulfide) groups is 2. The van der Waals surface area contributed by atoms with E-state index in [0.29, 0.717) is 6.79 Å². The molecular formula is C14H12O2S2. The fourth-order valence-electron chi connectivity index (χ4n) is 2.55. The van der Waals surface area contributed by atoms with Crippen LogP contribution in [0.4, 0.5) is 0 Å². The average Bonchev–Trinajstić information content (AvgIpc) is 2.87. The molecular weight excluding hydrogens is 264 g/mol. The molecule has 0 aromatic heterocycles. The average molecular weight is 276 g/mol. The van der Waals surface area contributed by atoms with Gasteiger partial charge >= 0.3 is 0 Å². The van der Waals surface area contributed by atoms with Gasteiger partial charge in [-0.1, -0.05) is 6.07 Å². The molecule has 92 valence electrons. The van der Waals surface area contributed by atoms with Crippen LogP contribution in [-0.4, -0.2) is 18.3 Å². The van der Waals surface area contributed by atoms with Crippen molar-refractivity contribution >= 4 is 34.3 Å². The maximum atomic E-state index is 5.55. The number of ether oxygens (including phenoxy) is 2. The first-order valence-electron chi connectivity index (χ1n) is 5.96. The zero-order valence-corrected chi connectivity index (χ0v) is 11.6. The van der Waals surface area contributed by atoms with Crippen molar-refractivity contribution in [3.8, 4) is 11.5 Å². The lowest BCUT2D eigenvalue weighted by Crippen LogP contribution is -1.95. The Balaban J connectivity index is 2.08. The topological polar surface area (TPSA) is 18.5 Å². The third-order valence-electron chi connectivity index (χ3n) is 3.41. The van der Waals surface area contributed by atoms with E-state index in [2.05, 4.69) is 25.1 Å². The SMILES string of the molecule is Cc1c2c(cc3c4c(ccc13)SCCS4)OCO2. The van der Waals surface area contributed by atoms with E-state index in [9.17, 15) is 0 Å². The van der Waals surface area contributed by atoms with Crippen LogP contribution in [0.1, 0.15) is 5.56 Å². The molecule has 4 rings (SSSR count). The summed E-state index contributed by atoms with van der Waals surface area (Å²) in [4.78, 5) is 2.81. The molecule has 2 aromatic carbocycles. The molecule has 0 atom stereocenters. The molecule has 0 radical (unpaired) electrons. The maximum Gasteiger partial charge on any atom is 0.231 e. The van der Waals surface area contributed by atoms with Crippen LogP contribution in [0.2, 0.25) is 0 Å². The fourth-order valence-corrected chi connectivity index (χ4v) is 4.93. The standard InChI is InChI=1S/C14H12O2S2/c1-8-9-2-3-12-14(18-5-4-17-12)10(9)6-11-13(8)16-7-15-11/h2-3,6H,4-5,7H2,1H3. The summed E-state index contributed by atoms with van der Waals surface area (Å²) >= 11 is 3.90. The molecule has 0 saturated heterocycles. The maximum absolute atomic E-state index is 5.55. The van der Waals surface area contributed by atoms with Crippen molar-refractivity contribution in [1.29, 1.82) is 0 Å². The minimum absolute atomic E-state index is 0.344. The van der Waals surface area contributed by atoms with Gasteiger partial charge in [0.2, 0.25) is 6.79 Å². The minimum Gasteiger partial charge on any atom is -0.454 e. The molecule has 18 heavy (non-hydrogen) atoms. The van der Waals surface area contributed by atoms with Crippen LogP contribution in [0.5, 0.6) is 11.5 Å². The van der Waals surface area contributed by atoms with E-state index in [1.165, 1.54) is 37.6 Å². The predicted octanol–water partition coefficient (Wildman–Crippen LogP) is 4.07. The molecule has 0 aliphatic carbocycles. The van der Waals surface area contributed by atoms with E-state index in [1.807, 2.05) is 23.5 Å². The van der Waals surface area contributed by atoms with Gasteiger partial charge in [0.1, 0.15) is 0 Å². The molecule has 0 amide bonds. The minimum atomic E-state index is 0.344. The van der Waals surface area contributed by atoms with Crippen LogP contribution >= 0.6 is 23.5 Å². The Morgan fingerprint density at radius 3 is 2.89 bits per heavy atom. The van der Waals surface area contributed by atoms with E-state index in [4.69, 9.17) is 9.47 Å². The second kappa shape index (κ2) is 4.00. The normalized spacial score (nSPS) is 16.9. The Kier molecular flexibility index (Phi) is 2.42. The fraction of sp³-hybridized carbons (Fsp3) is 0.286. The molecule has 2 aliphatic rings. The Morgan fingerprint density at radius 2 is 1.94 bits per heavy atom. The molecule has 0 fully saturated rings. The number of benzene rings is 2. The van der Waals surface area contributed by atoms with Crippen molar-refractivity contribution in [1.82, 2.24) is 0 Å². The summed E-state index contributed by atoms with van der Waals surface area (Å²) in [6.45, 7) is 2.46. The van der Waals surface area contributed by atoms with Crippen LogP contribution in [-0.2, 0) is 0 Å². The van der Waals surface area contributed by atoms with Gasteiger partial charge in [-0.15, -0.1) is 23.5 Å². The van der Waals surface area contributed by atoms with Gasteiger partial charge in [-0.05, 0) is 24.4 Å². The zero-order valence-electron chi connectivity index (χ0n) is 9.99. The van der Waals surface area contributed by atoms with Crippen LogP contribution in [0, 0.1) is 6.92 Å². The van der Waals surface area contributed by atoms with Gasteiger partial charge in [-0.2, -0.15) is 0 Å². The first-order chi connectivity index (χ1) is 8.84. The van der Waals surface area contributed by atoms with Gasteiger partial charge in [0.05, 0.1) is 0 Å². The van der Waals surface area contributed by atoms with Gasteiger partial charge in [-0.25, -0.2) is 0 Å². The molecule has 2 nitrogen and oxygen atoms in total. The number of hydrogen-bond acceptors (Lipinski definition) is 4. The highest BCUT2D eigenvalue weighted by Crippen LogP contribution is 2.47. The number of aryl methyl sites for hydroxylation is 1. The van der Waals surface area contributed by atoms with Gasteiger partial charge in [0.25, 0.3) is 0 Å². The smallest absolute Gasteiger partial charge is 0.231 e. The summed E-state index contributed by atoms with van der Waals surface area (Å²) in [6, 6.07) is 6.59. The third-order valence-corrected chi connectivity index (χ3v) is 5.99. The monoisotopic (exact) mass is 276 g/mol. The summed E-state index contributed by atoms with van der Waals surface area (Å²) in [7, 11) is 0. The summed E-state index contributed by atoms with van der Waals surface area (Å²) in [5.41, 5.74) is 1.19. The van der Waals surface area contributed by atoms with Gasteiger partial charge in [0.15, 0.2) is 11.5 Å². The molecule has 2 aliphatic heterocycles. The molecule has 2 aromatic rings. The van der Waals surface area contributed by atoms with E-state index in [1.54, 1.807) is 0 Å².